The second-order valence-corrected chi connectivity index (χ2v) is 6.18. The summed E-state index contributed by atoms with van der Waals surface area (Å²) < 4.78 is 5.85. The number of ether oxygens (including phenoxy) is 1. The predicted octanol–water partition coefficient (Wildman–Crippen LogP) is 4.05. The quantitative estimate of drug-likeness (QED) is 0.669. The molecule has 0 aliphatic heterocycles. The molecule has 0 atom stereocenters. The van der Waals surface area contributed by atoms with E-state index in [1.165, 1.54) is 22.4 Å². The van der Waals surface area contributed by atoms with Gasteiger partial charge in [-0.1, -0.05) is 37.3 Å². The molecule has 2 aromatic rings. The number of hydrogen-bond donors (Lipinski definition) is 1. The van der Waals surface area contributed by atoms with Crippen molar-refractivity contribution in [2.24, 2.45) is 0 Å². The lowest BCUT2D eigenvalue weighted by Crippen LogP contribution is -2.18. The van der Waals surface area contributed by atoms with Crippen LogP contribution in [0, 0.1) is 0 Å². The minimum Gasteiger partial charge on any atom is -0.376 e. The van der Waals surface area contributed by atoms with Gasteiger partial charge in [0.1, 0.15) is 0 Å². The van der Waals surface area contributed by atoms with Crippen LogP contribution >= 0.6 is 11.3 Å². The summed E-state index contributed by atoms with van der Waals surface area (Å²) in [5.41, 5.74) is 2.72. The lowest BCUT2D eigenvalue weighted by atomic mass is 10.1. The second kappa shape index (κ2) is 9.72. The van der Waals surface area contributed by atoms with Gasteiger partial charge in [-0.2, -0.15) is 0 Å². The van der Waals surface area contributed by atoms with Crippen LogP contribution in [0.4, 0.5) is 0 Å². The molecule has 1 heterocycles. The van der Waals surface area contributed by atoms with Crippen LogP contribution in [0.1, 0.15) is 29.3 Å². The summed E-state index contributed by atoms with van der Waals surface area (Å²) in [7, 11) is 0. The SMILES string of the molecule is CCCNCCc1ccccc1COCCc1cccs1. The van der Waals surface area contributed by atoms with Crippen LogP contribution < -0.4 is 5.32 Å². The topological polar surface area (TPSA) is 21.3 Å². The van der Waals surface area contributed by atoms with E-state index in [-0.39, 0.29) is 0 Å². The Kier molecular flexibility index (Phi) is 7.50. The first-order chi connectivity index (χ1) is 10.4. The number of benzene rings is 1. The first kappa shape index (κ1) is 16.2. The average Bonchev–Trinajstić information content (AvgIpc) is 3.03. The maximum absolute atomic E-state index is 5.85. The molecule has 114 valence electrons. The smallest absolute Gasteiger partial charge is 0.0719 e. The fourth-order valence-electron chi connectivity index (χ4n) is 2.28. The van der Waals surface area contributed by atoms with Crippen LogP contribution in [0.5, 0.6) is 0 Å². The minimum atomic E-state index is 0.718. The van der Waals surface area contributed by atoms with Gasteiger partial charge < -0.3 is 10.1 Å². The maximum Gasteiger partial charge on any atom is 0.0719 e. The van der Waals surface area contributed by atoms with Gasteiger partial charge in [-0.3, -0.25) is 0 Å². The summed E-state index contributed by atoms with van der Waals surface area (Å²) in [5.74, 6) is 0. The van der Waals surface area contributed by atoms with Crippen LogP contribution in [-0.2, 0) is 24.2 Å². The highest BCUT2D eigenvalue weighted by Crippen LogP contribution is 2.12. The fourth-order valence-corrected chi connectivity index (χ4v) is 2.97. The van der Waals surface area contributed by atoms with Crippen LogP contribution in [0.25, 0.3) is 0 Å². The van der Waals surface area contributed by atoms with E-state index in [2.05, 4.69) is 54.0 Å². The summed E-state index contributed by atoms with van der Waals surface area (Å²) in [6.45, 7) is 5.85. The van der Waals surface area contributed by atoms with Crippen LogP contribution in [0.15, 0.2) is 41.8 Å². The van der Waals surface area contributed by atoms with Gasteiger partial charge in [0.2, 0.25) is 0 Å². The Balaban J connectivity index is 1.73. The summed E-state index contributed by atoms with van der Waals surface area (Å²) in [6, 6.07) is 12.9. The normalized spacial score (nSPS) is 10.9. The van der Waals surface area contributed by atoms with Crippen molar-refractivity contribution in [2.45, 2.75) is 32.8 Å². The maximum atomic E-state index is 5.85. The largest absolute Gasteiger partial charge is 0.376 e. The van der Waals surface area contributed by atoms with Crippen molar-refractivity contribution in [1.29, 1.82) is 0 Å². The van der Waals surface area contributed by atoms with Gasteiger partial charge in [0.25, 0.3) is 0 Å². The van der Waals surface area contributed by atoms with E-state index in [4.69, 9.17) is 4.74 Å². The third kappa shape index (κ3) is 6.00. The van der Waals surface area contributed by atoms with Gasteiger partial charge in [-0.25, -0.2) is 0 Å². The molecule has 1 aromatic heterocycles. The van der Waals surface area contributed by atoms with Crippen molar-refractivity contribution >= 4 is 11.3 Å². The zero-order valence-corrected chi connectivity index (χ0v) is 13.6. The Morgan fingerprint density at radius 1 is 1.00 bits per heavy atom. The summed E-state index contributed by atoms with van der Waals surface area (Å²) in [5, 5.41) is 5.58. The third-order valence-electron chi connectivity index (χ3n) is 3.45. The molecule has 3 heteroatoms. The van der Waals surface area contributed by atoms with E-state index in [9.17, 15) is 0 Å². The molecular formula is C18H25NOS. The zero-order valence-electron chi connectivity index (χ0n) is 12.8. The highest BCUT2D eigenvalue weighted by Gasteiger charge is 2.02. The summed E-state index contributed by atoms with van der Waals surface area (Å²) in [4.78, 5) is 1.40. The average molecular weight is 303 g/mol. The Labute approximate surface area is 132 Å². The molecule has 0 fully saturated rings. The highest BCUT2D eigenvalue weighted by atomic mass is 32.1. The van der Waals surface area contributed by atoms with Crippen molar-refractivity contribution in [1.82, 2.24) is 5.32 Å². The molecule has 1 aromatic carbocycles. The molecule has 0 saturated carbocycles. The van der Waals surface area contributed by atoms with Crippen LogP contribution in [-0.4, -0.2) is 19.7 Å². The van der Waals surface area contributed by atoms with E-state index in [0.29, 0.717) is 0 Å². The van der Waals surface area contributed by atoms with E-state index in [1.54, 1.807) is 11.3 Å². The first-order valence-electron chi connectivity index (χ1n) is 7.77. The van der Waals surface area contributed by atoms with Crippen molar-refractivity contribution in [3.63, 3.8) is 0 Å². The zero-order chi connectivity index (χ0) is 14.8. The number of hydrogen-bond acceptors (Lipinski definition) is 3. The minimum absolute atomic E-state index is 0.718. The second-order valence-electron chi connectivity index (χ2n) is 5.15. The Bertz CT molecular complexity index is 496. The lowest BCUT2D eigenvalue weighted by Gasteiger charge is -2.10. The van der Waals surface area contributed by atoms with Crippen molar-refractivity contribution in [3.8, 4) is 0 Å². The first-order valence-corrected chi connectivity index (χ1v) is 8.65. The Morgan fingerprint density at radius 3 is 2.62 bits per heavy atom. The van der Waals surface area contributed by atoms with Gasteiger partial charge in [-0.15, -0.1) is 11.3 Å². The van der Waals surface area contributed by atoms with E-state index < -0.39 is 0 Å². The third-order valence-corrected chi connectivity index (χ3v) is 4.38. The molecule has 0 aliphatic rings. The number of rotatable bonds is 10. The molecule has 2 rings (SSSR count). The molecule has 0 unspecified atom stereocenters. The van der Waals surface area contributed by atoms with Crippen molar-refractivity contribution in [3.05, 3.63) is 57.8 Å². The van der Waals surface area contributed by atoms with E-state index in [1.807, 2.05) is 0 Å². The molecule has 0 radical (unpaired) electrons. The van der Waals surface area contributed by atoms with E-state index >= 15 is 0 Å². The molecule has 0 amide bonds. The predicted molar refractivity (Wildman–Crippen MR) is 91.0 cm³/mol. The number of nitrogens with one attached hydrogen (secondary N) is 1. The Hall–Kier alpha value is -1.16. The van der Waals surface area contributed by atoms with Crippen LogP contribution in [0.2, 0.25) is 0 Å². The summed E-state index contributed by atoms with van der Waals surface area (Å²) in [6.07, 6.45) is 3.27. The van der Waals surface area contributed by atoms with Gasteiger partial charge >= 0.3 is 0 Å². The lowest BCUT2D eigenvalue weighted by molar-refractivity contribution is 0.123. The van der Waals surface area contributed by atoms with Gasteiger partial charge in [0.15, 0.2) is 0 Å². The fraction of sp³-hybridized carbons (Fsp3) is 0.444. The monoisotopic (exact) mass is 303 g/mol. The molecule has 0 bridgehead atoms. The molecule has 0 aliphatic carbocycles. The highest BCUT2D eigenvalue weighted by molar-refractivity contribution is 7.09. The summed E-state index contributed by atoms with van der Waals surface area (Å²) >= 11 is 1.80. The molecule has 1 N–H and O–H groups in total. The molecule has 2 nitrogen and oxygen atoms in total. The molecule has 0 spiro atoms. The molecule has 0 saturated heterocycles. The van der Waals surface area contributed by atoms with Crippen molar-refractivity contribution < 1.29 is 4.74 Å². The number of thiophene rings is 1. The van der Waals surface area contributed by atoms with Gasteiger partial charge in [0, 0.05) is 11.3 Å². The standard InChI is InChI=1S/C18H25NOS/c1-2-11-19-12-9-16-6-3-4-7-17(16)15-20-13-10-18-8-5-14-21-18/h3-8,14,19H,2,9-13,15H2,1H3. The van der Waals surface area contributed by atoms with Crippen molar-refractivity contribution in [2.75, 3.05) is 19.7 Å². The van der Waals surface area contributed by atoms with Crippen LogP contribution in [0.3, 0.4) is 0 Å². The molecule has 21 heavy (non-hydrogen) atoms. The molecular weight excluding hydrogens is 278 g/mol. The Morgan fingerprint density at radius 2 is 1.86 bits per heavy atom. The van der Waals surface area contributed by atoms with E-state index in [0.717, 1.165) is 39.1 Å². The van der Waals surface area contributed by atoms with Gasteiger partial charge in [-0.05, 0) is 48.5 Å². The van der Waals surface area contributed by atoms with Gasteiger partial charge in [0.05, 0.1) is 13.2 Å².